The van der Waals surface area contributed by atoms with Crippen molar-refractivity contribution in [3.8, 4) is 5.75 Å². The van der Waals surface area contributed by atoms with Crippen LogP contribution in [-0.2, 0) is 9.53 Å². The third-order valence-corrected chi connectivity index (χ3v) is 3.13. The maximum atomic E-state index is 11.6. The average molecular weight is 377 g/mol. The zero-order valence-electron chi connectivity index (χ0n) is 11.2. The molecule has 5 heteroatoms. The van der Waals surface area contributed by atoms with Crippen molar-refractivity contribution >= 4 is 34.2 Å². The molecule has 0 aliphatic rings. The van der Waals surface area contributed by atoms with E-state index < -0.39 is 0 Å². The largest absolute Gasteiger partial charge is 0.494 e. The summed E-state index contributed by atoms with van der Waals surface area (Å²) in [5.74, 6) is 0.796. The van der Waals surface area contributed by atoms with Crippen molar-refractivity contribution in [3.05, 3.63) is 24.3 Å². The van der Waals surface area contributed by atoms with Crippen molar-refractivity contribution in [3.63, 3.8) is 0 Å². The molecule has 0 bridgehead atoms. The standard InChI is InChI=1S/C14H20INO3/c1-2-18-11-8-14(17)16-12-4-6-13(7-5-12)19-10-3-9-15/h4-7H,2-3,8-11H2,1H3,(H,16,17). The summed E-state index contributed by atoms with van der Waals surface area (Å²) in [5, 5.41) is 2.82. The predicted molar refractivity (Wildman–Crippen MR) is 85.2 cm³/mol. The SMILES string of the molecule is CCOCCC(=O)Nc1ccc(OCCCI)cc1. The molecule has 1 amide bonds. The van der Waals surface area contributed by atoms with Crippen molar-refractivity contribution in [1.29, 1.82) is 0 Å². The van der Waals surface area contributed by atoms with Crippen molar-refractivity contribution in [1.82, 2.24) is 0 Å². The number of carbonyl (C=O) groups is 1. The van der Waals surface area contributed by atoms with Gasteiger partial charge in [0.25, 0.3) is 0 Å². The van der Waals surface area contributed by atoms with Crippen LogP contribution < -0.4 is 10.1 Å². The molecule has 1 rings (SSSR count). The first-order valence-corrected chi connectivity index (χ1v) is 7.95. The second-order valence-corrected chi connectivity index (χ2v) is 4.99. The van der Waals surface area contributed by atoms with E-state index in [2.05, 4.69) is 27.9 Å². The summed E-state index contributed by atoms with van der Waals surface area (Å²) in [6.07, 6.45) is 1.41. The quantitative estimate of drug-likeness (QED) is 0.408. The lowest BCUT2D eigenvalue weighted by Crippen LogP contribution is -2.14. The molecule has 0 saturated heterocycles. The van der Waals surface area contributed by atoms with E-state index in [0.29, 0.717) is 19.6 Å². The number of hydrogen-bond acceptors (Lipinski definition) is 3. The van der Waals surface area contributed by atoms with E-state index in [1.807, 2.05) is 31.2 Å². The topological polar surface area (TPSA) is 47.6 Å². The van der Waals surface area contributed by atoms with Gasteiger partial charge in [-0.25, -0.2) is 0 Å². The Morgan fingerprint density at radius 1 is 1.26 bits per heavy atom. The highest BCUT2D eigenvalue weighted by Crippen LogP contribution is 2.16. The molecule has 1 aromatic carbocycles. The summed E-state index contributed by atoms with van der Waals surface area (Å²) in [4.78, 5) is 11.6. The van der Waals surface area contributed by atoms with Crippen LogP contribution in [0.3, 0.4) is 0 Å². The Balaban J connectivity index is 2.32. The molecular formula is C14H20INO3. The number of carbonyl (C=O) groups excluding carboxylic acids is 1. The summed E-state index contributed by atoms with van der Waals surface area (Å²) >= 11 is 2.32. The molecule has 4 nitrogen and oxygen atoms in total. The van der Waals surface area contributed by atoms with Gasteiger partial charge >= 0.3 is 0 Å². The Bertz CT molecular complexity index is 367. The summed E-state index contributed by atoms with van der Waals surface area (Å²) in [5.41, 5.74) is 0.780. The molecule has 19 heavy (non-hydrogen) atoms. The molecule has 0 radical (unpaired) electrons. The Kier molecular flexibility index (Phi) is 8.57. The first-order chi connectivity index (χ1) is 9.26. The van der Waals surface area contributed by atoms with E-state index in [1.54, 1.807) is 0 Å². The number of anilines is 1. The van der Waals surface area contributed by atoms with Gasteiger partial charge in [-0.1, -0.05) is 22.6 Å². The summed E-state index contributed by atoms with van der Waals surface area (Å²) in [7, 11) is 0. The molecule has 0 fully saturated rings. The second kappa shape index (κ2) is 10.0. The lowest BCUT2D eigenvalue weighted by Gasteiger charge is -2.08. The zero-order valence-corrected chi connectivity index (χ0v) is 13.3. The molecule has 0 unspecified atom stereocenters. The minimum atomic E-state index is -0.0352. The van der Waals surface area contributed by atoms with Crippen LogP contribution in [0.15, 0.2) is 24.3 Å². The summed E-state index contributed by atoms with van der Waals surface area (Å²) in [6.45, 7) is 3.73. The molecule has 0 atom stereocenters. The fourth-order valence-electron chi connectivity index (χ4n) is 1.41. The number of amides is 1. The van der Waals surface area contributed by atoms with Crippen molar-refractivity contribution < 1.29 is 14.3 Å². The van der Waals surface area contributed by atoms with Gasteiger partial charge in [-0.3, -0.25) is 4.79 Å². The maximum Gasteiger partial charge on any atom is 0.226 e. The van der Waals surface area contributed by atoms with E-state index in [1.165, 1.54) is 0 Å². The van der Waals surface area contributed by atoms with E-state index in [9.17, 15) is 4.79 Å². The monoisotopic (exact) mass is 377 g/mol. The number of nitrogens with one attached hydrogen (secondary N) is 1. The lowest BCUT2D eigenvalue weighted by molar-refractivity contribution is -0.117. The van der Waals surface area contributed by atoms with E-state index in [0.717, 1.165) is 28.9 Å². The van der Waals surface area contributed by atoms with Crippen LogP contribution in [0, 0.1) is 0 Å². The number of ether oxygens (including phenoxy) is 2. The number of hydrogen-bond donors (Lipinski definition) is 1. The van der Waals surface area contributed by atoms with E-state index in [4.69, 9.17) is 9.47 Å². The second-order valence-electron chi connectivity index (χ2n) is 3.91. The van der Waals surface area contributed by atoms with Crippen LogP contribution in [0.4, 0.5) is 5.69 Å². The van der Waals surface area contributed by atoms with Crippen LogP contribution in [-0.4, -0.2) is 30.2 Å². The van der Waals surface area contributed by atoms with Crippen LogP contribution in [0.2, 0.25) is 0 Å². The Morgan fingerprint density at radius 3 is 2.63 bits per heavy atom. The highest BCUT2D eigenvalue weighted by Gasteiger charge is 2.02. The minimum absolute atomic E-state index is 0.0352. The molecule has 0 saturated carbocycles. The highest BCUT2D eigenvalue weighted by molar-refractivity contribution is 14.1. The first-order valence-electron chi connectivity index (χ1n) is 6.42. The van der Waals surface area contributed by atoms with E-state index in [-0.39, 0.29) is 5.91 Å². The minimum Gasteiger partial charge on any atom is -0.494 e. The zero-order chi connectivity index (χ0) is 13.9. The smallest absolute Gasteiger partial charge is 0.226 e. The molecule has 0 spiro atoms. The fraction of sp³-hybridized carbons (Fsp3) is 0.500. The van der Waals surface area contributed by atoms with Crippen LogP contribution in [0.5, 0.6) is 5.75 Å². The maximum absolute atomic E-state index is 11.6. The number of halogens is 1. The summed E-state index contributed by atoms with van der Waals surface area (Å²) < 4.78 is 11.8. The molecule has 0 aliphatic carbocycles. The van der Waals surface area contributed by atoms with Crippen LogP contribution >= 0.6 is 22.6 Å². The van der Waals surface area contributed by atoms with Gasteiger partial charge in [0.15, 0.2) is 0 Å². The van der Waals surface area contributed by atoms with Gasteiger partial charge in [0.05, 0.1) is 19.6 Å². The number of alkyl halides is 1. The van der Waals surface area contributed by atoms with Gasteiger partial charge in [0, 0.05) is 16.7 Å². The first kappa shape index (κ1) is 16.2. The van der Waals surface area contributed by atoms with Gasteiger partial charge in [0.2, 0.25) is 5.91 Å². The van der Waals surface area contributed by atoms with Crippen molar-refractivity contribution in [2.45, 2.75) is 19.8 Å². The van der Waals surface area contributed by atoms with Crippen LogP contribution in [0.1, 0.15) is 19.8 Å². The number of benzene rings is 1. The molecular weight excluding hydrogens is 357 g/mol. The predicted octanol–water partition coefficient (Wildman–Crippen LogP) is 3.26. The third kappa shape index (κ3) is 7.37. The molecule has 0 heterocycles. The van der Waals surface area contributed by atoms with Crippen LogP contribution in [0.25, 0.3) is 0 Å². The number of rotatable bonds is 9. The van der Waals surface area contributed by atoms with Gasteiger partial charge in [-0.2, -0.15) is 0 Å². The Labute approximate surface area is 128 Å². The molecule has 1 N–H and O–H groups in total. The van der Waals surface area contributed by atoms with Gasteiger partial charge in [-0.05, 0) is 37.6 Å². The molecule has 0 aromatic heterocycles. The van der Waals surface area contributed by atoms with Gasteiger partial charge in [-0.15, -0.1) is 0 Å². The average Bonchev–Trinajstić information content (AvgIpc) is 2.41. The third-order valence-electron chi connectivity index (χ3n) is 2.36. The summed E-state index contributed by atoms with van der Waals surface area (Å²) in [6, 6.07) is 7.42. The van der Waals surface area contributed by atoms with Crippen molar-refractivity contribution in [2.24, 2.45) is 0 Å². The highest BCUT2D eigenvalue weighted by atomic mass is 127. The van der Waals surface area contributed by atoms with E-state index >= 15 is 0 Å². The lowest BCUT2D eigenvalue weighted by atomic mass is 10.3. The van der Waals surface area contributed by atoms with Gasteiger partial charge < -0.3 is 14.8 Å². The Hall–Kier alpha value is -0.820. The Morgan fingerprint density at radius 2 is 2.00 bits per heavy atom. The fourth-order valence-corrected chi connectivity index (χ4v) is 1.72. The molecule has 106 valence electrons. The molecule has 1 aromatic rings. The molecule has 0 aliphatic heterocycles. The van der Waals surface area contributed by atoms with Crippen molar-refractivity contribution in [2.75, 3.05) is 29.6 Å². The normalized spacial score (nSPS) is 10.2. The van der Waals surface area contributed by atoms with Gasteiger partial charge in [0.1, 0.15) is 5.75 Å².